The van der Waals surface area contributed by atoms with Crippen LogP contribution in [0.15, 0.2) is 0 Å². The summed E-state index contributed by atoms with van der Waals surface area (Å²) in [5.74, 6) is -1.09. The fraction of sp³-hybridized carbons (Fsp3) is 0.857. The fourth-order valence-electron chi connectivity index (χ4n) is 3.00. The molecular formula is C14H24N2O4. The minimum absolute atomic E-state index is 0.0306. The van der Waals surface area contributed by atoms with Crippen molar-refractivity contribution in [3.05, 3.63) is 0 Å². The van der Waals surface area contributed by atoms with Gasteiger partial charge in [0.1, 0.15) is 0 Å². The van der Waals surface area contributed by atoms with Crippen LogP contribution in [0.1, 0.15) is 32.6 Å². The quantitative estimate of drug-likeness (QED) is 0.741. The minimum Gasteiger partial charge on any atom is -0.481 e. The van der Waals surface area contributed by atoms with Crippen molar-refractivity contribution in [1.82, 2.24) is 10.2 Å². The third-order valence-corrected chi connectivity index (χ3v) is 4.05. The van der Waals surface area contributed by atoms with E-state index in [2.05, 4.69) is 10.2 Å². The number of hydrogen-bond acceptors (Lipinski definition) is 4. The summed E-state index contributed by atoms with van der Waals surface area (Å²) in [4.78, 5) is 24.7. The number of rotatable bonds is 6. The maximum Gasteiger partial charge on any atom is 0.303 e. The number of morpholine rings is 1. The van der Waals surface area contributed by atoms with Crippen LogP contribution in [0.5, 0.6) is 0 Å². The molecule has 2 aliphatic heterocycles. The Hall–Kier alpha value is -1.14. The Morgan fingerprint density at radius 2 is 2.25 bits per heavy atom. The first kappa shape index (κ1) is 15.3. The van der Waals surface area contributed by atoms with Crippen molar-refractivity contribution < 1.29 is 19.4 Å². The molecule has 0 spiro atoms. The Morgan fingerprint density at radius 3 is 3.00 bits per heavy atom. The van der Waals surface area contributed by atoms with Crippen molar-refractivity contribution in [3.63, 3.8) is 0 Å². The van der Waals surface area contributed by atoms with E-state index in [0.717, 1.165) is 19.7 Å². The highest BCUT2D eigenvalue weighted by atomic mass is 16.5. The number of carbonyl (C=O) groups excluding carboxylic acids is 1. The zero-order valence-electron chi connectivity index (χ0n) is 12.0. The molecule has 2 saturated heterocycles. The molecule has 2 heterocycles. The molecule has 0 aliphatic carbocycles. The molecule has 2 rings (SSSR count). The highest BCUT2D eigenvalue weighted by molar-refractivity contribution is 5.77. The average molecular weight is 284 g/mol. The van der Waals surface area contributed by atoms with Gasteiger partial charge >= 0.3 is 5.97 Å². The largest absolute Gasteiger partial charge is 0.481 e. The van der Waals surface area contributed by atoms with Crippen molar-refractivity contribution in [1.29, 1.82) is 0 Å². The molecule has 0 bridgehead atoms. The summed E-state index contributed by atoms with van der Waals surface area (Å²) in [6, 6.07) is 0.567. The van der Waals surface area contributed by atoms with E-state index in [4.69, 9.17) is 9.84 Å². The number of fused-ring (bicyclic) bond motifs is 1. The molecule has 0 aromatic carbocycles. The molecule has 2 N–H and O–H groups in total. The topological polar surface area (TPSA) is 78.9 Å². The van der Waals surface area contributed by atoms with Gasteiger partial charge in [-0.05, 0) is 25.3 Å². The number of nitrogens with zero attached hydrogens (tertiary/aromatic N) is 1. The molecule has 0 radical (unpaired) electrons. The van der Waals surface area contributed by atoms with E-state index in [1.807, 2.05) is 0 Å². The monoisotopic (exact) mass is 284 g/mol. The maximum absolute atomic E-state index is 11.7. The third kappa shape index (κ3) is 4.45. The molecule has 2 aliphatic rings. The summed E-state index contributed by atoms with van der Waals surface area (Å²) < 4.78 is 5.76. The number of carboxylic acid groups (broad SMARTS) is 1. The Labute approximate surface area is 119 Å². The number of carboxylic acids is 1. The molecule has 2 fully saturated rings. The Morgan fingerprint density at radius 1 is 1.45 bits per heavy atom. The van der Waals surface area contributed by atoms with Gasteiger partial charge < -0.3 is 15.2 Å². The van der Waals surface area contributed by atoms with Crippen LogP contribution >= 0.6 is 0 Å². The zero-order valence-corrected chi connectivity index (χ0v) is 12.0. The number of nitrogens with one attached hydrogen (secondary N) is 1. The maximum atomic E-state index is 11.7. The van der Waals surface area contributed by atoms with E-state index in [1.54, 1.807) is 6.92 Å². The predicted octanol–water partition coefficient (Wildman–Crippen LogP) is 0.467. The van der Waals surface area contributed by atoms with E-state index in [-0.39, 0.29) is 30.8 Å². The normalized spacial score (nSPS) is 27.9. The second-order valence-corrected chi connectivity index (χ2v) is 5.96. The molecule has 0 aromatic rings. The lowest BCUT2D eigenvalue weighted by Crippen LogP contribution is -2.50. The van der Waals surface area contributed by atoms with Gasteiger partial charge in [0.2, 0.25) is 5.91 Å². The fourth-order valence-corrected chi connectivity index (χ4v) is 3.00. The molecule has 0 aromatic heterocycles. The lowest BCUT2D eigenvalue weighted by Gasteiger charge is -2.35. The minimum atomic E-state index is -0.860. The molecule has 6 nitrogen and oxygen atoms in total. The number of aliphatic carboxylic acids is 1. The lowest BCUT2D eigenvalue weighted by molar-refractivity contribution is -0.138. The third-order valence-electron chi connectivity index (χ3n) is 4.05. The van der Waals surface area contributed by atoms with Crippen molar-refractivity contribution in [2.75, 3.05) is 26.2 Å². The van der Waals surface area contributed by atoms with Crippen molar-refractivity contribution in [2.24, 2.45) is 5.92 Å². The Balaban J connectivity index is 1.64. The molecule has 3 atom stereocenters. The highest BCUT2D eigenvalue weighted by Gasteiger charge is 2.32. The van der Waals surface area contributed by atoms with Gasteiger partial charge in [-0.1, -0.05) is 6.92 Å². The van der Waals surface area contributed by atoms with Gasteiger partial charge in [-0.15, -0.1) is 0 Å². The Kier molecular flexibility index (Phi) is 5.37. The molecular weight excluding hydrogens is 260 g/mol. The van der Waals surface area contributed by atoms with E-state index < -0.39 is 5.97 Å². The lowest BCUT2D eigenvalue weighted by atomic mass is 10.0. The average Bonchev–Trinajstić information content (AvgIpc) is 2.82. The Bertz CT molecular complexity index is 361. The second-order valence-electron chi connectivity index (χ2n) is 5.96. The zero-order chi connectivity index (χ0) is 14.5. The van der Waals surface area contributed by atoms with Gasteiger partial charge in [0, 0.05) is 32.0 Å². The van der Waals surface area contributed by atoms with Crippen LogP contribution in [0.3, 0.4) is 0 Å². The summed E-state index contributed by atoms with van der Waals surface area (Å²) in [6.07, 6.45) is 2.79. The van der Waals surface area contributed by atoms with E-state index in [0.29, 0.717) is 12.6 Å². The number of hydrogen-bond donors (Lipinski definition) is 2. The number of carbonyl (C=O) groups is 2. The number of amides is 1. The van der Waals surface area contributed by atoms with Crippen LogP contribution in [-0.2, 0) is 14.3 Å². The van der Waals surface area contributed by atoms with Gasteiger partial charge in [0.15, 0.2) is 0 Å². The van der Waals surface area contributed by atoms with Gasteiger partial charge in [-0.2, -0.15) is 0 Å². The van der Waals surface area contributed by atoms with Crippen LogP contribution in [0, 0.1) is 5.92 Å². The summed E-state index contributed by atoms with van der Waals surface area (Å²) in [5, 5.41) is 11.5. The second kappa shape index (κ2) is 7.04. The smallest absolute Gasteiger partial charge is 0.303 e. The summed E-state index contributed by atoms with van der Waals surface area (Å²) >= 11 is 0. The summed E-state index contributed by atoms with van der Waals surface area (Å²) in [7, 11) is 0. The molecule has 114 valence electrons. The first-order chi connectivity index (χ1) is 9.54. The first-order valence-corrected chi connectivity index (χ1v) is 7.38. The van der Waals surface area contributed by atoms with Crippen LogP contribution in [0.4, 0.5) is 0 Å². The van der Waals surface area contributed by atoms with Gasteiger partial charge in [0.05, 0.1) is 12.7 Å². The molecule has 1 amide bonds. The predicted molar refractivity (Wildman–Crippen MR) is 73.4 cm³/mol. The van der Waals surface area contributed by atoms with Crippen LogP contribution in [0.2, 0.25) is 0 Å². The standard InChI is InChI=1S/C14H24N2O4/c1-10(6-14(18)19)5-13(17)15-7-12-8-16-4-2-3-11(16)9-20-12/h10-12H,2-9H2,1H3,(H,15,17)(H,18,19). The van der Waals surface area contributed by atoms with E-state index >= 15 is 0 Å². The SMILES string of the molecule is CC(CC(=O)O)CC(=O)NCC1CN2CCCC2CO1. The molecule has 20 heavy (non-hydrogen) atoms. The molecule has 6 heteroatoms. The van der Waals surface area contributed by atoms with E-state index in [9.17, 15) is 9.59 Å². The van der Waals surface area contributed by atoms with Crippen LogP contribution < -0.4 is 5.32 Å². The molecule has 3 unspecified atom stereocenters. The van der Waals surface area contributed by atoms with Crippen LogP contribution in [-0.4, -0.2) is 60.3 Å². The summed E-state index contributed by atoms with van der Waals surface area (Å²) in [6.45, 7) is 5.07. The highest BCUT2D eigenvalue weighted by Crippen LogP contribution is 2.22. The van der Waals surface area contributed by atoms with Crippen molar-refractivity contribution >= 4 is 11.9 Å². The summed E-state index contributed by atoms with van der Waals surface area (Å²) in [5.41, 5.74) is 0. The van der Waals surface area contributed by atoms with E-state index in [1.165, 1.54) is 12.8 Å². The van der Waals surface area contributed by atoms with Gasteiger partial charge in [-0.25, -0.2) is 0 Å². The van der Waals surface area contributed by atoms with Crippen molar-refractivity contribution in [2.45, 2.75) is 44.8 Å². The van der Waals surface area contributed by atoms with Crippen molar-refractivity contribution in [3.8, 4) is 0 Å². The molecule has 0 saturated carbocycles. The van der Waals surface area contributed by atoms with Gasteiger partial charge in [0.25, 0.3) is 0 Å². The first-order valence-electron chi connectivity index (χ1n) is 7.38. The van der Waals surface area contributed by atoms with Crippen LogP contribution in [0.25, 0.3) is 0 Å². The van der Waals surface area contributed by atoms with Gasteiger partial charge in [-0.3, -0.25) is 14.5 Å². The number of ether oxygens (including phenoxy) is 1.